The Morgan fingerprint density at radius 2 is 1.97 bits per heavy atom. The highest BCUT2D eigenvalue weighted by molar-refractivity contribution is 5.80. The van der Waals surface area contributed by atoms with Crippen molar-refractivity contribution in [3.05, 3.63) is 52.8 Å². The van der Waals surface area contributed by atoms with Crippen molar-refractivity contribution in [1.29, 1.82) is 0 Å². The number of ether oxygens (including phenoxy) is 1. The number of guanidine groups is 1. The van der Waals surface area contributed by atoms with Crippen LogP contribution < -0.4 is 10.6 Å². The van der Waals surface area contributed by atoms with Crippen molar-refractivity contribution in [3.63, 3.8) is 0 Å². The second-order valence-corrected chi connectivity index (χ2v) is 7.53. The zero-order valence-corrected chi connectivity index (χ0v) is 18.7. The average Bonchev–Trinajstić information content (AvgIpc) is 2.94. The highest BCUT2D eigenvalue weighted by Gasteiger charge is 2.13. The molecule has 29 heavy (non-hydrogen) atoms. The highest BCUT2D eigenvalue weighted by Crippen LogP contribution is 2.14. The Morgan fingerprint density at radius 3 is 2.62 bits per heavy atom. The number of nitrogens with zero attached hydrogens (tertiary/aromatic N) is 3. The molecule has 6 nitrogen and oxygen atoms in total. The summed E-state index contributed by atoms with van der Waals surface area (Å²) in [5, 5.41) is 11.4. The molecule has 1 atom stereocenters. The first-order chi connectivity index (χ1) is 14.0. The van der Waals surface area contributed by atoms with E-state index in [1.807, 2.05) is 29.9 Å². The van der Waals surface area contributed by atoms with Gasteiger partial charge in [0.1, 0.15) is 0 Å². The van der Waals surface area contributed by atoms with Crippen molar-refractivity contribution in [2.45, 2.75) is 59.6 Å². The first-order valence-corrected chi connectivity index (χ1v) is 10.7. The molecule has 1 aromatic carbocycles. The number of benzene rings is 1. The summed E-state index contributed by atoms with van der Waals surface area (Å²) >= 11 is 0. The molecular weight excluding hydrogens is 362 g/mol. The van der Waals surface area contributed by atoms with Crippen molar-refractivity contribution in [2.24, 2.45) is 12.0 Å². The molecular formula is C23H37N5O. The van der Waals surface area contributed by atoms with Gasteiger partial charge in [-0.25, -0.2) is 0 Å². The predicted molar refractivity (Wildman–Crippen MR) is 120 cm³/mol. The summed E-state index contributed by atoms with van der Waals surface area (Å²) in [5.41, 5.74) is 4.88. The van der Waals surface area contributed by atoms with Crippen LogP contribution in [0.25, 0.3) is 0 Å². The largest absolute Gasteiger partial charge is 0.377 e. The van der Waals surface area contributed by atoms with Crippen LogP contribution in [0.1, 0.15) is 49.2 Å². The monoisotopic (exact) mass is 399 g/mol. The minimum absolute atomic E-state index is 0.281. The SMILES string of the molecule is CCNC(=NCCCCOCc1ccccc1)NC(C)Cc1c(C)nn(C)c1C. The van der Waals surface area contributed by atoms with Gasteiger partial charge in [-0.2, -0.15) is 5.10 Å². The Morgan fingerprint density at radius 1 is 1.21 bits per heavy atom. The predicted octanol–water partition coefficient (Wildman–Crippen LogP) is 3.52. The topological polar surface area (TPSA) is 63.5 Å². The summed E-state index contributed by atoms with van der Waals surface area (Å²) in [6, 6.07) is 10.6. The molecule has 2 aromatic rings. The van der Waals surface area contributed by atoms with Crippen molar-refractivity contribution < 1.29 is 4.74 Å². The number of unbranched alkanes of at least 4 members (excludes halogenated alkanes) is 1. The van der Waals surface area contributed by atoms with E-state index in [1.54, 1.807) is 0 Å². The van der Waals surface area contributed by atoms with Crippen LogP contribution in [0.5, 0.6) is 0 Å². The maximum atomic E-state index is 5.74. The maximum Gasteiger partial charge on any atom is 0.191 e. The van der Waals surface area contributed by atoms with E-state index in [9.17, 15) is 0 Å². The van der Waals surface area contributed by atoms with Gasteiger partial charge in [-0.05, 0) is 58.1 Å². The van der Waals surface area contributed by atoms with Gasteiger partial charge in [-0.3, -0.25) is 9.67 Å². The highest BCUT2D eigenvalue weighted by atomic mass is 16.5. The Balaban J connectivity index is 1.71. The molecule has 0 saturated heterocycles. The van der Waals surface area contributed by atoms with Crippen LogP contribution in [0, 0.1) is 13.8 Å². The molecule has 2 N–H and O–H groups in total. The van der Waals surface area contributed by atoms with Gasteiger partial charge in [0, 0.05) is 38.5 Å². The normalized spacial score (nSPS) is 12.8. The molecule has 0 aliphatic heterocycles. The smallest absolute Gasteiger partial charge is 0.191 e. The Bertz CT molecular complexity index is 754. The zero-order valence-electron chi connectivity index (χ0n) is 18.7. The molecule has 0 fully saturated rings. The standard InChI is InChI=1S/C23H37N5O/c1-6-24-23(26-18(2)16-22-19(3)27-28(5)20(22)4)25-14-10-11-15-29-17-21-12-8-7-9-13-21/h7-9,12-13,18H,6,10-11,14-17H2,1-5H3,(H2,24,25,26). The first-order valence-electron chi connectivity index (χ1n) is 10.7. The fourth-order valence-corrected chi connectivity index (χ4v) is 3.29. The minimum atomic E-state index is 0.281. The van der Waals surface area contributed by atoms with E-state index in [-0.39, 0.29) is 6.04 Å². The van der Waals surface area contributed by atoms with Gasteiger partial charge in [0.2, 0.25) is 0 Å². The summed E-state index contributed by atoms with van der Waals surface area (Å²) < 4.78 is 7.70. The van der Waals surface area contributed by atoms with E-state index in [0.29, 0.717) is 6.61 Å². The third kappa shape index (κ3) is 7.89. The van der Waals surface area contributed by atoms with E-state index >= 15 is 0 Å². The molecule has 0 radical (unpaired) electrons. The van der Waals surface area contributed by atoms with Gasteiger partial charge in [0.05, 0.1) is 12.3 Å². The van der Waals surface area contributed by atoms with Crippen LogP contribution in [0.15, 0.2) is 35.3 Å². The second kappa shape index (κ2) is 12.3. The molecule has 160 valence electrons. The summed E-state index contributed by atoms with van der Waals surface area (Å²) in [7, 11) is 2.00. The van der Waals surface area contributed by atoms with E-state index in [1.165, 1.54) is 16.8 Å². The fraction of sp³-hybridized carbons (Fsp3) is 0.565. The number of nitrogens with one attached hydrogen (secondary N) is 2. The van der Waals surface area contributed by atoms with Crippen molar-refractivity contribution in [2.75, 3.05) is 19.7 Å². The zero-order chi connectivity index (χ0) is 21.1. The third-order valence-electron chi connectivity index (χ3n) is 4.97. The minimum Gasteiger partial charge on any atom is -0.377 e. The summed E-state index contributed by atoms with van der Waals surface area (Å²) in [6.07, 6.45) is 2.96. The van der Waals surface area contributed by atoms with Gasteiger partial charge < -0.3 is 15.4 Å². The average molecular weight is 400 g/mol. The lowest BCUT2D eigenvalue weighted by atomic mass is 10.1. The fourth-order valence-electron chi connectivity index (χ4n) is 3.29. The number of aliphatic imine (C=N–C) groups is 1. The second-order valence-electron chi connectivity index (χ2n) is 7.53. The van der Waals surface area contributed by atoms with E-state index in [2.05, 4.69) is 55.6 Å². The number of hydrogen-bond acceptors (Lipinski definition) is 3. The molecule has 0 spiro atoms. The number of aryl methyl sites for hydroxylation is 2. The molecule has 0 aliphatic carbocycles. The Kier molecular flexibility index (Phi) is 9.71. The molecule has 0 amide bonds. The maximum absolute atomic E-state index is 5.74. The van der Waals surface area contributed by atoms with Crippen molar-refractivity contribution >= 4 is 5.96 Å². The van der Waals surface area contributed by atoms with E-state index in [4.69, 9.17) is 9.73 Å². The molecule has 2 rings (SSSR count). The number of hydrogen-bond donors (Lipinski definition) is 2. The number of aromatic nitrogens is 2. The lowest BCUT2D eigenvalue weighted by molar-refractivity contribution is 0.117. The molecule has 0 aliphatic rings. The molecule has 1 unspecified atom stereocenters. The summed E-state index contributed by atoms with van der Waals surface area (Å²) in [4.78, 5) is 4.72. The first kappa shape index (κ1) is 22.9. The lowest BCUT2D eigenvalue weighted by Crippen LogP contribution is -2.43. The van der Waals surface area contributed by atoms with Gasteiger partial charge in [0.25, 0.3) is 0 Å². The van der Waals surface area contributed by atoms with Crippen molar-refractivity contribution in [1.82, 2.24) is 20.4 Å². The quantitative estimate of drug-likeness (QED) is 0.345. The Hall–Kier alpha value is -2.34. The van der Waals surface area contributed by atoms with Gasteiger partial charge >= 0.3 is 0 Å². The summed E-state index contributed by atoms with van der Waals surface area (Å²) in [5.74, 6) is 0.879. The van der Waals surface area contributed by atoms with E-state index in [0.717, 1.165) is 50.6 Å². The van der Waals surface area contributed by atoms with Gasteiger partial charge in [-0.15, -0.1) is 0 Å². The molecule has 0 bridgehead atoms. The van der Waals surface area contributed by atoms with Gasteiger partial charge in [0.15, 0.2) is 5.96 Å². The van der Waals surface area contributed by atoms with Crippen LogP contribution in [0.4, 0.5) is 0 Å². The number of rotatable bonds is 11. The van der Waals surface area contributed by atoms with Crippen LogP contribution in [0.2, 0.25) is 0 Å². The van der Waals surface area contributed by atoms with Crippen LogP contribution >= 0.6 is 0 Å². The molecule has 1 aromatic heterocycles. The van der Waals surface area contributed by atoms with Gasteiger partial charge in [-0.1, -0.05) is 30.3 Å². The van der Waals surface area contributed by atoms with Crippen LogP contribution in [0.3, 0.4) is 0 Å². The molecule has 6 heteroatoms. The molecule has 0 saturated carbocycles. The van der Waals surface area contributed by atoms with Crippen molar-refractivity contribution in [3.8, 4) is 0 Å². The summed E-state index contributed by atoms with van der Waals surface area (Å²) in [6.45, 7) is 11.6. The van der Waals surface area contributed by atoms with Crippen LogP contribution in [-0.4, -0.2) is 41.5 Å². The molecule has 1 heterocycles. The third-order valence-corrected chi connectivity index (χ3v) is 4.97. The lowest BCUT2D eigenvalue weighted by Gasteiger charge is -2.18. The Labute approximate surface area is 175 Å². The van der Waals surface area contributed by atoms with Crippen LogP contribution in [-0.2, 0) is 24.8 Å². The van der Waals surface area contributed by atoms with E-state index < -0.39 is 0 Å².